The lowest BCUT2D eigenvalue weighted by molar-refractivity contribution is 0.136. The van der Waals surface area contributed by atoms with Gasteiger partial charge >= 0.3 is 0 Å². The Morgan fingerprint density at radius 2 is 1.64 bits per heavy atom. The van der Waals surface area contributed by atoms with Crippen LogP contribution in [0.25, 0.3) is 0 Å². The van der Waals surface area contributed by atoms with Gasteiger partial charge in [-0.25, -0.2) is 9.97 Å². The predicted molar refractivity (Wildman–Crippen MR) is 115 cm³/mol. The third-order valence-electron chi connectivity index (χ3n) is 5.72. The second-order valence-corrected chi connectivity index (χ2v) is 7.48. The maximum absolute atomic E-state index is 4.48. The molecular formula is C20H36N8. The molecule has 0 aliphatic carbocycles. The van der Waals surface area contributed by atoms with Crippen LogP contribution in [0.1, 0.15) is 19.8 Å². The van der Waals surface area contributed by atoms with E-state index in [2.05, 4.69) is 46.8 Å². The summed E-state index contributed by atoms with van der Waals surface area (Å²) in [7, 11) is 1.88. The zero-order chi connectivity index (χ0) is 19.6. The van der Waals surface area contributed by atoms with E-state index in [9.17, 15) is 0 Å². The van der Waals surface area contributed by atoms with Crippen LogP contribution in [0.4, 0.5) is 5.95 Å². The van der Waals surface area contributed by atoms with Crippen molar-refractivity contribution < 1.29 is 0 Å². The molecule has 0 aromatic carbocycles. The fraction of sp³-hybridized carbons (Fsp3) is 0.750. The van der Waals surface area contributed by atoms with Crippen molar-refractivity contribution in [2.75, 3.05) is 83.9 Å². The van der Waals surface area contributed by atoms with E-state index in [4.69, 9.17) is 0 Å². The van der Waals surface area contributed by atoms with Gasteiger partial charge in [0.1, 0.15) is 0 Å². The van der Waals surface area contributed by atoms with E-state index >= 15 is 0 Å². The van der Waals surface area contributed by atoms with Crippen LogP contribution in [-0.2, 0) is 0 Å². The molecule has 28 heavy (non-hydrogen) atoms. The van der Waals surface area contributed by atoms with Crippen molar-refractivity contribution in [3.8, 4) is 0 Å². The fourth-order valence-corrected chi connectivity index (χ4v) is 3.89. The quantitative estimate of drug-likeness (QED) is 0.417. The minimum Gasteiger partial charge on any atom is -0.356 e. The lowest BCUT2D eigenvalue weighted by Gasteiger charge is -2.36. The molecule has 156 valence electrons. The van der Waals surface area contributed by atoms with Crippen molar-refractivity contribution in [2.45, 2.75) is 19.8 Å². The number of hydrogen-bond donors (Lipinski definition) is 1. The zero-order valence-electron chi connectivity index (χ0n) is 17.6. The van der Waals surface area contributed by atoms with Crippen LogP contribution < -0.4 is 10.2 Å². The summed E-state index contributed by atoms with van der Waals surface area (Å²) in [5.41, 5.74) is 0. The van der Waals surface area contributed by atoms with Gasteiger partial charge in [0.25, 0.3) is 0 Å². The van der Waals surface area contributed by atoms with Crippen LogP contribution in [-0.4, -0.2) is 110 Å². The van der Waals surface area contributed by atoms with Gasteiger partial charge in [-0.15, -0.1) is 0 Å². The smallest absolute Gasteiger partial charge is 0.225 e. The van der Waals surface area contributed by atoms with Crippen LogP contribution >= 0.6 is 0 Å². The van der Waals surface area contributed by atoms with Gasteiger partial charge in [0.05, 0.1) is 0 Å². The molecule has 0 bridgehead atoms. The van der Waals surface area contributed by atoms with Gasteiger partial charge in [-0.3, -0.25) is 4.99 Å². The number of aliphatic imine (C=N–C) groups is 1. The first-order valence-electron chi connectivity index (χ1n) is 10.7. The van der Waals surface area contributed by atoms with E-state index < -0.39 is 0 Å². The summed E-state index contributed by atoms with van der Waals surface area (Å²) in [6.07, 6.45) is 6.04. The van der Waals surface area contributed by atoms with E-state index in [0.717, 1.165) is 44.6 Å². The maximum atomic E-state index is 4.48. The normalized spacial score (nSPS) is 19.9. The number of likely N-dealkylation sites (N-methyl/N-ethyl adjacent to an activating group) is 1. The van der Waals surface area contributed by atoms with E-state index in [1.807, 2.05) is 13.1 Å². The van der Waals surface area contributed by atoms with Crippen LogP contribution in [0.5, 0.6) is 0 Å². The summed E-state index contributed by atoms with van der Waals surface area (Å²) in [4.78, 5) is 22.9. The number of hydrogen-bond acceptors (Lipinski definition) is 6. The summed E-state index contributed by atoms with van der Waals surface area (Å²) >= 11 is 0. The van der Waals surface area contributed by atoms with Gasteiger partial charge in [-0.1, -0.05) is 6.92 Å². The molecular weight excluding hydrogens is 352 g/mol. The molecule has 3 rings (SSSR count). The number of unbranched alkanes of at least 4 members (excludes halogenated alkanes) is 1. The first-order valence-corrected chi connectivity index (χ1v) is 10.7. The summed E-state index contributed by atoms with van der Waals surface area (Å²) in [5, 5.41) is 3.55. The Morgan fingerprint density at radius 1 is 0.964 bits per heavy atom. The molecule has 1 aromatic heterocycles. The number of nitrogens with zero attached hydrogens (tertiary/aromatic N) is 7. The second kappa shape index (κ2) is 11.2. The van der Waals surface area contributed by atoms with E-state index in [1.165, 1.54) is 52.1 Å². The Balaban J connectivity index is 1.30. The molecule has 0 unspecified atom stereocenters. The molecule has 0 saturated carbocycles. The average molecular weight is 389 g/mol. The van der Waals surface area contributed by atoms with Crippen molar-refractivity contribution in [3.05, 3.63) is 18.5 Å². The van der Waals surface area contributed by atoms with Crippen molar-refractivity contribution in [2.24, 2.45) is 4.99 Å². The standard InChI is InChI=1S/C20H36N8/c1-3-25-11-13-26(14-12-25)10-5-4-7-22-19(21-2)27-15-17-28(18-16-27)20-23-8-6-9-24-20/h6,8-9H,3-5,7,10-18H2,1-2H3,(H,21,22). The summed E-state index contributed by atoms with van der Waals surface area (Å²) in [6, 6.07) is 1.86. The van der Waals surface area contributed by atoms with Gasteiger partial charge in [0.2, 0.25) is 5.95 Å². The van der Waals surface area contributed by atoms with E-state index in [-0.39, 0.29) is 0 Å². The highest BCUT2D eigenvalue weighted by Gasteiger charge is 2.21. The number of guanidine groups is 1. The molecule has 0 spiro atoms. The monoisotopic (exact) mass is 388 g/mol. The Kier molecular flexibility index (Phi) is 8.29. The average Bonchev–Trinajstić information content (AvgIpc) is 2.77. The van der Waals surface area contributed by atoms with E-state index in [0.29, 0.717) is 0 Å². The largest absolute Gasteiger partial charge is 0.356 e. The van der Waals surface area contributed by atoms with Crippen molar-refractivity contribution in [1.29, 1.82) is 0 Å². The van der Waals surface area contributed by atoms with Gasteiger partial charge < -0.3 is 24.9 Å². The minimum atomic E-state index is 0.824. The molecule has 1 N–H and O–H groups in total. The number of nitrogens with one attached hydrogen (secondary N) is 1. The Labute approximate surface area is 169 Å². The highest BCUT2D eigenvalue weighted by atomic mass is 15.4. The van der Waals surface area contributed by atoms with Gasteiger partial charge in [-0.2, -0.15) is 0 Å². The zero-order valence-corrected chi connectivity index (χ0v) is 17.6. The third-order valence-corrected chi connectivity index (χ3v) is 5.72. The van der Waals surface area contributed by atoms with Crippen LogP contribution in [0.15, 0.2) is 23.5 Å². The lowest BCUT2D eigenvalue weighted by atomic mass is 10.2. The molecule has 0 atom stereocenters. The molecule has 1 aromatic rings. The highest BCUT2D eigenvalue weighted by Crippen LogP contribution is 2.10. The van der Waals surface area contributed by atoms with Crippen molar-refractivity contribution in [1.82, 2.24) is 30.0 Å². The van der Waals surface area contributed by atoms with Crippen LogP contribution in [0.2, 0.25) is 0 Å². The molecule has 3 heterocycles. The number of aromatic nitrogens is 2. The molecule has 2 aliphatic heterocycles. The number of rotatable bonds is 7. The summed E-state index contributed by atoms with van der Waals surface area (Å²) < 4.78 is 0. The Hall–Kier alpha value is -1.93. The van der Waals surface area contributed by atoms with Crippen molar-refractivity contribution in [3.63, 3.8) is 0 Å². The highest BCUT2D eigenvalue weighted by molar-refractivity contribution is 5.80. The van der Waals surface area contributed by atoms with Gasteiger partial charge in [0.15, 0.2) is 5.96 Å². The van der Waals surface area contributed by atoms with Crippen LogP contribution in [0.3, 0.4) is 0 Å². The second-order valence-electron chi connectivity index (χ2n) is 7.48. The molecule has 0 radical (unpaired) electrons. The Morgan fingerprint density at radius 3 is 2.29 bits per heavy atom. The Bertz CT molecular complexity index is 577. The van der Waals surface area contributed by atoms with Crippen LogP contribution in [0, 0.1) is 0 Å². The molecule has 2 aliphatic rings. The summed E-state index contributed by atoms with van der Waals surface area (Å²) in [5.74, 6) is 1.84. The molecule has 2 fully saturated rings. The van der Waals surface area contributed by atoms with Gasteiger partial charge in [0, 0.05) is 78.3 Å². The molecule has 0 amide bonds. The minimum absolute atomic E-state index is 0.824. The first kappa shape index (κ1) is 20.8. The molecule has 8 heteroatoms. The number of piperazine rings is 2. The SMILES string of the molecule is CCN1CCN(CCCCNC(=NC)N2CCN(c3ncccn3)CC2)CC1. The lowest BCUT2D eigenvalue weighted by Crippen LogP contribution is -2.53. The molecule has 2 saturated heterocycles. The van der Waals surface area contributed by atoms with Gasteiger partial charge in [-0.05, 0) is 32.0 Å². The topological polar surface area (TPSA) is 63.1 Å². The first-order chi connectivity index (χ1) is 13.8. The predicted octanol–water partition coefficient (Wildman–Crippen LogP) is 0.592. The number of anilines is 1. The fourth-order valence-electron chi connectivity index (χ4n) is 3.89. The van der Waals surface area contributed by atoms with Crippen molar-refractivity contribution >= 4 is 11.9 Å². The van der Waals surface area contributed by atoms with E-state index in [1.54, 1.807) is 12.4 Å². The maximum Gasteiger partial charge on any atom is 0.225 e. The molecule has 8 nitrogen and oxygen atoms in total. The third kappa shape index (κ3) is 6.04. The summed E-state index contributed by atoms with van der Waals surface area (Å²) in [6.45, 7) is 14.3.